The highest BCUT2D eigenvalue weighted by Gasteiger charge is 2.14. The third kappa shape index (κ3) is 4.04. The molecule has 0 fully saturated rings. The van der Waals surface area contributed by atoms with Crippen LogP contribution in [0.5, 0.6) is 5.75 Å². The van der Waals surface area contributed by atoms with Gasteiger partial charge in [-0.3, -0.25) is 9.98 Å². The van der Waals surface area contributed by atoms with Gasteiger partial charge in [-0.25, -0.2) is 0 Å². The average Bonchev–Trinajstić information content (AvgIpc) is 2.76. The standard InChI is InChI=1S/C25H24N2O/c1-2-28-24-13-4-3-12-23(24)20-9-5-8-19(16-20)17-21-10-7-15-27-25(21)22-11-6-14-26-18-22/h3-6,8-9,11-14,16-18H,2,7,10,15H2,1H3/b21-17-. The normalized spacial score (nSPS) is 15.3. The van der Waals surface area contributed by atoms with Crippen molar-refractivity contribution < 1.29 is 4.74 Å². The first kappa shape index (κ1) is 18.2. The van der Waals surface area contributed by atoms with Gasteiger partial charge in [0.15, 0.2) is 0 Å². The van der Waals surface area contributed by atoms with E-state index in [-0.39, 0.29) is 0 Å². The Morgan fingerprint density at radius 1 is 1.00 bits per heavy atom. The largest absolute Gasteiger partial charge is 0.493 e. The Morgan fingerprint density at radius 3 is 2.75 bits per heavy atom. The Kier molecular flexibility index (Phi) is 5.62. The molecule has 0 N–H and O–H groups in total. The molecule has 0 amide bonds. The number of aromatic nitrogens is 1. The molecule has 0 saturated carbocycles. The lowest BCUT2D eigenvalue weighted by Crippen LogP contribution is -2.11. The fourth-order valence-electron chi connectivity index (χ4n) is 3.58. The SMILES string of the molecule is CCOc1ccccc1-c1cccc(/C=C2/CCCN=C2c2cccnc2)c1. The molecule has 1 aromatic heterocycles. The van der Waals surface area contributed by atoms with Gasteiger partial charge in [0.05, 0.1) is 12.3 Å². The highest BCUT2D eigenvalue weighted by atomic mass is 16.5. The second kappa shape index (κ2) is 8.66. The highest BCUT2D eigenvalue weighted by molar-refractivity contribution is 6.15. The Hall–Kier alpha value is -3.20. The van der Waals surface area contributed by atoms with E-state index in [9.17, 15) is 0 Å². The molecule has 0 atom stereocenters. The molecule has 0 aliphatic carbocycles. The molecule has 0 bridgehead atoms. The number of para-hydroxylation sites is 1. The van der Waals surface area contributed by atoms with E-state index in [1.165, 1.54) is 11.1 Å². The van der Waals surface area contributed by atoms with Crippen LogP contribution in [-0.4, -0.2) is 23.8 Å². The van der Waals surface area contributed by atoms with Crippen molar-refractivity contribution >= 4 is 11.8 Å². The van der Waals surface area contributed by atoms with Gasteiger partial charge < -0.3 is 4.74 Å². The van der Waals surface area contributed by atoms with E-state index >= 15 is 0 Å². The molecule has 1 aliphatic heterocycles. The van der Waals surface area contributed by atoms with Crippen LogP contribution in [0.25, 0.3) is 17.2 Å². The number of allylic oxidation sites excluding steroid dienone is 1. The van der Waals surface area contributed by atoms with Gasteiger partial charge in [-0.2, -0.15) is 0 Å². The molecule has 3 heteroatoms. The van der Waals surface area contributed by atoms with Gasteiger partial charge >= 0.3 is 0 Å². The molecule has 28 heavy (non-hydrogen) atoms. The van der Waals surface area contributed by atoms with Crippen molar-refractivity contribution in [2.45, 2.75) is 19.8 Å². The van der Waals surface area contributed by atoms with Crippen LogP contribution < -0.4 is 4.74 Å². The molecular formula is C25H24N2O. The monoisotopic (exact) mass is 368 g/mol. The molecule has 0 unspecified atom stereocenters. The first-order chi connectivity index (χ1) is 13.8. The number of rotatable bonds is 5. The summed E-state index contributed by atoms with van der Waals surface area (Å²) in [6.45, 7) is 3.55. The summed E-state index contributed by atoms with van der Waals surface area (Å²) in [5, 5.41) is 0. The van der Waals surface area contributed by atoms with Crippen molar-refractivity contribution in [2.75, 3.05) is 13.2 Å². The van der Waals surface area contributed by atoms with Gasteiger partial charge in [0.1, 0.15) is 5.75 Å². The summed E-state index contributed by atoms with van der Waals surface area (Å²) in [5.74, 6) is 0.921. The number of benzene rings is 2. The van der Waals surface area contributed by atoms with E-state index in [1.54, 1.807) is 6.20 Å². The van der Waals surface area contributed by atoms with Gasteiger partial charge in [-0.05, 0) is 66.8 Å². The number of aliphatic imine (C=N–C) groups is 1. The fourth-order valence-corrected chi connectivity index (χ4v) is 3.58. The third-order valence-corrected chi connectivity index (χ3v) is 4.84. The van der Waals surface area contributed by atoms with Crippen LogP contribution in [0.4, 0.5) is 0 Å². The predicted molar refractivity (Wildman–Crippen MR) is 116 cm³/mol. The van der Waals surface area contributed by atoms with Gasteiger partial charge in [0.25, 0.3) is 0 Å². The zero-order valence-electron chi connectivity index (χ0n) is 16.1. The first-order valence-electron chi connectivity index (χ1n) is 9.83. The zero-order chi connectivity index (χ0) is 19.2. The molecular weight excluding hydrogens is 344 g/mol. The van der Waals surface area contributed by atoms with Crippen molar-refractivity contribution in [1.29, 1.82) is 0 Å². The van der Waals surface area contributed by atoms with Crippen molar-refractivity contribution in [3.05, 3.63) is 89.8 Å². The maximum absolute atomic E-state index is 5.81. The summed E-state index contributed by atoms with van der Waals surface area (Å²) in [6, 6.07) is 20.9. The second-order valence-electron chi connectivity index (χ2n) is 6.80. The Labute approximate surface area is 166 Å². The third-order valence-electron chi connectivity index (χ3n) is 4.84. The van der Waals surface area contributed by atoms with Crippen LogP contribution >= 0.6 is 0 Å². The lowest BCUT2D eigenvalue weighted by atomic mass is 9.94. The summed E-state index contributed by atoms with van der Waals surface area (Å²) in [6.07, 6.45) is 8.08. The van der Waals surface area contributed by atoms with Crippen molar-refractivity contribution in [3.8, 4) is 16.9 Å². The molecule has 4 rings (SSSR count). The maximum atomic E-state index is 5.81. The van der Waals surface area contributed by atoms with E-state index in [0.29, 0.717) is 6.61 Å². The van der Waals surface area contributed by atoms with Gasteiger partial charge in [0, 0.05) is 30.1 Å². The average molecular weight is 368 g/mol. The summed E-state index contributed by atoms with van der Waals surface area (Å²) in [4.78, 5) is 9.05. The minimum atomic E-state index is 0.658. The Balaban J connectivity index is 1.70. The van der Waals surface area contributed by atoms with Crippen LogP contribution in [0.1, 0.15) is 30.9 Å². The summed E-state index contributed by atoms with van der Waals surface area (Å²) in [7, 11) is 0. The van der Waals surface area contributed by atoms with E-state index < -0.39 is 0 Å². The molecule has 0 spiro atoms. The minimum absolute atomic E-state index is 0.658. The smallest absolute Gasteiger partial charge is 0.127 e. The topological polar surface area (TPSA) is 34.5 Å². The van der Waals surface area contributed by atoms with E-state index in [4.69, 9.17) is 9.73 Å². The number of hydrogen-bond donors (Lipinski definition) is 0. The van der Waals surface area contributed by atoms with Gasteiger partial charge in [-0.15, -0.1) is 0 Å². The van der Waals surface area contributed by atoms with E-state index in [0.717, 1.165) is 47.5 Å². The van der Waals surface area contributed by atoms with Crippen LogP contribution in [0, 0.1) is 0 Å². The first-order valence-corrected chi connectivity index (χ1v) is 9.83. The van der Waals surface area contributed by atoms with Crippen LogP contribution in [0.2, 0.25) is 0 Å². The molecule has 1 aliphatic rings. The Morgan fingerprint density at radius 2 is 1.89 bits per heavy atom. The summed E-state index contributed by atoms with van der Waals surface area (Å²) in [5.41, 5.74) is 6.89. The number of pyridine rings is 1. The predicted octanol–water partition coefficient (Wildman–Crippen LogP) is 5.81. The van der Waals surface area contributed by atoms with E-state index in [1.807, 2.05) is 31.3 Å². The number of ether oxygens (including phenoxy) is 1. The lowest BCUT2D eigenvalue weighted by molar-refractivity contribution is 0.341. The van der Waals surface area contributed by atoms with Crippen molar-refractivity contribution in [1.82, 2.24) is 4.98 Å². The summed E-state index contributed by atoms with van der Waals surface area (Å²) < 4.78 is 5.81. The van der Waals surface area contributed by atoms with Gasteiger partial charge in [0.2, 0.25) is 0 Å². The molecule has 3 aromatic rings. The Bertz CT molecular complexity index is 1010. The van der Waals surface area contributed by atoms with Crippen molar-refractivity contribution in [3.63, 3.8) is 0 Å². The van der Waals surface area contributed by atoms with Crippen LogP contribution in [-0.2, 0) is 0 Å². The number of nitrogens with zero attached hydrogens (tertiary/aromatic N) is 2. The molecule has 2 heterocycles. The van der Waals surface area contributed by atoms with Gasteiger partial charge in [-0.1, -0.05) is 36.4 Å². The minimum Gasteiger partial charge on any atom is -0.493 e. The lowest BCUT2D eigenvalue weighted by Gasteiger charge is -2.16. The van der Waals surface area contributed by atoms with Crippen LogP contribution in [0.15, 0.2) is 83.6 Å². The second-order valence-corrected chi connectivity index (χ2v) is 6.80. The molecule has 2 aromatic carbocycles. The maximum Gasteiger partial charge on any atom is 0.127 e. The zero-order valence-corrected chi connectivity index (χ0v) is 16.1. The van der Waals surface area contributed by atoms with E-state index in [2.05, 4.69) is 53.5 Å². The van der Waals surface area contributed by atoms with Crippen molar-refractivity contribution in [2.24, 2.45) is 4.99 Å². The highest BCUT2D eigenvalue weighted by Crippen LogP contribution is 2.31. The fraction of sp³-hybridized carbons (Fsp3) is 0.200. The number of hydrogen-bond acceptors (Lipinski definition) is 3. The molecule has 140 valence electrons. The molecule has 0 radical (unpaired) electrons. The quantitative estimate of drug-likeness (QED) is 0.569. The summed E-state index contributed by atoms with van der Waals surface area (Å²) >= 11 is 0. The molecule has 0 saturated heterocycles. The van der Waals surface area contributed by atoms with Crippen LogP contribution in [0.3, 0.4) is 0 Å². The molecule has 3 nitrogen and oxygen atoms in total.